The summed E-state index contributed by atoms with van der Waals surface area (Å²) in [6, 6.07) is 24.9. The molecular formula is C25H23N5O. The minimum Gasteiger partial charge on any atom is -0.457 e. The lowest BCUT2D eigenvalue weighted by Crippen LogP contribution is -2.17. The van der Waals surface area contributed by atoms with E-state index in [2.05, 4.69) is 10.3 Å². The molecule has 0 fully saturated rings. The minimum absolute atomic E-state index is 0.118. The SMILES string of the molecule is Cc1ccccc1Nc1ncc(-c2ccc(Oc3ccccc3)cc2)c(C(=N)N)c1N. The fourth-order valence-corrected chi connectivity index (χ4v) is 3.30. The van der Waals surface area contributed by atoms with Crippen molar-refractivity contribution < 1.29 is 4.74 Å². The highest BCUT2D eigenvalue weighted by Gasteiger charge is 2.17. The van der Waals surface area contributed by atoms with Crippen molar-refractivity contribution in [3.05, 3.63) is 96.2 Å². The lowest BCUT2D eigenvalue weighted by Gasteiger charge is -2.16. The van der Waals surface area contributed by atoms with Crippen LogP contribution in [0.15, 0.2) is 85.1 Å². The Bertz CT molecular complexity index is 1220. The Morgan fingerprint density at radius 2 is 1.55 bits per heavy atom. The van der Waals surface area contributed by atoms with Crippen LogP contribution in [-0.2, 0) is 0 Å². The van der Waals surface area contributed by atoms with E-state index in [4.69, 9.17) is 21.6 Å². The molecule has 0 unspecified atom stereocenters. The maximum Gasteiger partial charge on any atom is 0.154 e. The van der Waals surface area contributed by atoms with Gasteiger partial charge in [0, 0.05) is 17.4 Å². The van der Waals surface area contributed by atoms with Crippen LogP contribution in [0.4, 0.5) is 17.2 Å². The van der Waals surface area contributed by atoms with Gasteiger partial charge < -0.3 is 21.5 Å². The minimum atomic E-state index is -0.118. The van der Waals surface area contributed by atoms with Crippen LogP contribution in [0, 0.1) is 12.3 Å². The van der Waals surface area contributed by atoms with E-state index in [0.717, 1.165) is 22.6 Å². The van der Waals surface area contributed by atoms with Gasteiger partial charge in [0.2, 0.25) is 0 Å². The highest BCUT2D eigenvalue weighted by molar-refractivity contribution is 6.08. The van der Waals surface area contributed by atoms with Crippen molar-refractivity contribution in [3.63, 3.8) is 0 Å². The van der Waals surface area contributed by atoms with Gasteiger partial charge in [0.1, 0.15) is 17.3 Å². The van der Waals surface area contributed by atoms with Gasteiger partial charge in [-0.05, 0) is 48.4 Å². The van der Waals surface area contributed by atoms with E-state index in [9.17, 15) is 0 Å². The number of nitrogens with one attached hydrogen (secondary N) is 2. The molecule has 0 aliphatic carbocycles. The second-order valence-electron chi connectivity index (χ2n) is 7.10. The molecule has 0 saturated carbocycles. The Labute approximate surface area is 181 Å². The molecule has 0 aliphatic heterocycles. The lowest BCUT2D eigenvalue weighted by atomic mass is 9.99. The van der Waals surface area contributed by atoms with Crippen molar-refractivity contribution in [2.24, 2.45) is 5.73 Å². The van der Waals surface area contributed by atoms with Gasteiger partial charge in [-0.3, -0.25) is 5.41 Å². The second-order valence-corrected chi connectivity index (χ2v) is 7.10. The first-order chi connectivity index (χ1) is 15.0. The molecule has 4 rings (SSSR count). The number of nitrogens with two attached hydrogens (primary N) is 2. The average molecular weight is 409 g/mol. The van der Waals surface area contributed by atoms with Gasteiger partial charge in [0.05, 0.1) is 11.3 Å². The fourth-order valence-electron chi connectivity index (χ4n) is 3.30. The number of ether oxygens (including phenoxy) is 1. The summed E-state index contributed by atoms with van der Waals surface area (Å²) in [5, 5.41) is 11.3. The number of hydrogen-bond donors (Lipinski definition) is 4. The molecular weight excluding hydrogens is 386 g/mol. The number of pyridine rings is 1. The summed E-state index contributed by atoms with van der Waals surface area (Å²) in [5.74, 6) is 1.81. The third kappa shape index (κ3) is 4.33. The van der Waals surface area contributed by atoms with Crippen LogP contribution in [0.1, 0.15) is 11.1 Å². The first-order valence-electron chi connectivity index (χ1n) is 9.82. The summed E-state index contributed by atoms with van der Waals surface area (Å²) < 4.78 is 5.85. The van der Waals surface area contributed by atoms with Gasteiger partial charge in [0.15, 0.2) is 5.82 Å². The van der Waals surface area contributed by atoms with Gasteiger partial charge in [-0.25, -0.2) is 4.98 Å². The number of rotatable bonds is 6. The van der Waals surface area contributed by atoms with Crippen LogP contribution in [-0.4, -0.2) is 10.8 Å². The third-order valence-corrected chi connectivity index (χ3v) is 4.93. The van der Waals surface area contributed by atoms with Crippen LogP contribution < -0.4 is 21.5 Å². The van der Waals surface area contributed by atoms with Crippen LogP contribution in [0.5, 0.6) is 11.5 Å². The van der Waals surface area contributed by atoms with Gasteiger partial charge >= 0.3 is 0 Å². The normalized spacial score (nSPS) is 10.5. The molecule has 3 aromatic carbocycles. The number of nitrogens with zero attached hydrogens (tertiary/aromatic N) is 1. The first kappa shape index (κ1) is 20.0. The van der Waals surface area contributed by atoms with Gasteiger partial charge in [-0.1, -0.05) is 48.5 Å². The molecule has 6 N–H and O–H groups in total. The van der Waals surface area contributed by atoms with E-state index in [1.807, 2.05) is 85.8 Å². The molecule has 6 heteroatoms. The maximum atomic E-state index is 8.09. The molecule has 31 heavy (non-hydrogen) atoms. The number of amidine groups is 1. The zero-order chi connectivity index (χ0) is 21.8. The molecule has 6 nitrogen and oxygen atoms in total. The second kappa shape index (κ2) is 8.59. The Morgan fingerprint density at radius 3 is 2.23 bits per heavy atom. The zero-order valence-electron chi connectivity index (χ0n) is 17.1. The molecule has 0 aliphatic rings. The Hall–Kier alpha value is -4.32. The summed E-state index contributed by atoms with van der Waals surface area (Å²) >= 11 is 0. The van der Waals surface area contributed by atoms with Crippen LogP contribution in [0.3, 0.4) is 0 Å². The number of para-hydroxylation sites is 2. The van der Waals surface area contributed by atoms with Crippen molar-refractivity contribution in [2.75, 3.05) is 11.1 Å². The predicted octanol–water partition coefficient (Wildman–Crippen LogP) is 5.46. The molecule has 0 bridgehead atoms. The molecule has 4 aromatic rings. The molecule has 0 spiro atoms. The summed E-state index contributed by atoms with van der Waals surface area (Å²) in [4.78, 5) is 4.50. The van der Waals surface area contributed by atoms with Crippen molar-refractivity contribution in [3.8, 4) is 22.6 Å². The standard InChI is InChI=1S/C25H23N5O/c1-16-7-5-6-10-21(16)30-25-23(26)22(24(27)28)20(15-29-25)17-11-13-19(14-12-17)31-18-8-3-2-4-9-18/h2-15H,26H2,1H3,(H3,27,28)(H,29,30). The van der Waals surface area contributed by atoms with Gasteiger partial charge in [-0.15, -0.1) is 0 Å². The summed E-state index contributed by atoms with van der Waals surface area (Å²) in [5.41, 5.74) is 16.5. The highest BCUT2D eigenvalue weighted by atomic mass is 16.5. The smallest absolute Gasteiger partial charge is 0.154 e. The number of hydrogen-bond acceptors (Lipinski definition) is 5. The summed E-state index contributed by atoms with van der Waals surface area (Å²) in [6.07, 6.45) is 1.68. The molecule has 0 radical (unpaired) electrons. The topological polar surface area (TPSA) is 110 Å². The molecule has 0 saturated heterocycles. The number of benzene rings is 3. The van der Waals surface area contributed by atoms with E-state index in [-0.39, 0.29) is 5.84 Å². The largest absolute Gasteiger partial charge is 0.457 e. The zero-order valence-corrected chi connectivity index (χ0v) is 17.1. The molecule has 0 atom stereocenters. The third-order valence-electron chi connectivity index (χ3n) is 4.93. The van der Waals surface area contributed by atoms with Crippen molar-refractivity contribution in [2.45, 2.75) is 6.92 Å². The Kier molecular flexibility index (Phi) is 5.53. The number of anilines is 3. The monoisotopic (exact) mass is 409 g/mol. The van der Waals surface area contributed by atoms with Crippen molar-refractivity contribution >= 4 is 23.0 Å². The quantitative estimate of drug-likeness (QED) is 0.250. The van der Waals surface area contributed by atoms with E-state index in [0.29, 0.717) is 28.4 Å². The lowest BCUT2D eigenvalue weighted by molar-refractivity contribution is 0.483. The van der Waals surface area contributed by atoms with E-state index in [1.165, 1.54) is 0 Å². The van der Waals surface area contributed by atoms with E-state index < -0.39 is 0 Å². The molecule has 154 valence electrons. The maximum absolute atomic E-state index is 8.09. The van der Waals surface area contributed by atoms with Crippen LogP contribution in [0.2, 0.25) is 0 Å². The number of aryl methyl sites for hydroxylation is 1. The summed E-state index contributed by atoms with van der Waals surface area (Å²) in [6.45, 7) is 2.00. The van der Waals surface area contributed by atoms with E-state index in [1.54, 1.807) is 6.20 Å². The van der Waals surface area contributed by atoms with Crippen molar-refractivity contribution in [1.29, 1.82) is 5.41 Å². The number of aromatic nitrogens is 1. The van der Waals surface area contributed by atoms with Crippen molar-refractivity contribution in [1.82, 2.24) is 4.98 Å². The van der Waals surface area contributed by atoms with Crippen LogP contribution >= 0.6 is 0 Å². The Morgan fingerprint density at radius 1 is 0.903 bits per heavy atom. The predicted molar refractivity (Wildman–Crippen MR) is 126 cm³/mol. The molecule has 1 aromatic heterocycles. The fraction of sp³-hybridized carbons (Fsp3) is 0.0400. The van der Waals surface area contributed by atoms with Gasteiger partial charge in [0.25, 0.3) is 0 Å². The van der Waals surface area contributed by atoms with E-state index >= 15 is 0 Å². The summed E-state index contributed by atoms with van der Waals surface area (Å²) in [7, 11) is 0. The first-order valence-corrected chi connectivity index (χ1v) is 9.82. The Balaban J connectivity index is 1.66. The van der Waals surface area contributed by atoms with Crippen LogP contribution in [0.25, 0.3) is 11.1 Å². The van der Waals surface area contributed by atoms with Gasteiger partial charge in [-0.2, -0.15) is 0 Å². The molecule has 0 amide bonds. The average Bonchev–Trinajstić information content (AvgIpc) is 2.77. The number of nitrogen functional groups attached to an aromatic ring is 2. The molecule has 1 heterocycles. The highest BCUT2D eigenvalue weighted by Crippen LogP contribution is 2.34.